The number of amides is 1. The number of nitrogens with zero attached hydrogens (tertiary/aromatic N) is 3. The zero-order valence-corrected chi connectivity index (χ0v) is 19.1. The first-order valence-corrected chi connectivity index (χ1v) is 13.1. The number of aromatic nitrogens is 2. The molecule has 0 bridgehead atoms. The zero-order chi connectivity index (χ0) is 23.0. The minimum absolute atomic E-state index is 0.0448. The summed E-state index contributed by atoms with van der Waals surface area (Å²) in [5.74, 6) is -1.32. The van der Waals surface area contributed by atoms with E-state index in [-0.39, 0.29) is 30.2 Å². The fourth-order valence-electron chi connectivity index (χ4n) is 3.59. The molecule has 170 valence electrons. The third-order valence-electron chi connectivity index (χ3n) is 5.17. The zero-order valence-electron chi connectivity index (χ0n) is 17.5. The van der Waals surface area contributed by atoms with Gasteiger partial charge in [-0.2, -0.15) is 9.40 Å². The number of aryl methyl sites for hydroxylation is 1. The smallest absolute Gasteiger partial charge is 0.256 e. The van der Waals surface area contributed by atoms with E-state index in [4.69, 9.17) is 0 Å². The molecule has 1 unspecified atom stereocenters. The molecule has 1 saturated heterocycles. The van der Waals surface area contributed by atoms with Crippen LogP contribution < -0.4 is 5.32 Å². The molecule has 1 aliphatic rings. The summed E-state index contributed by atoms with van der Waals surface area (Å²) in [6, 6.07) is 4.34. The molecule has 3 rings (SSSR count). The van der Waals surface area contributed by atoms with Gasteiger partial charge in [-0.15, -0.1) is 0 Å². The molecule has 1 atom stereocenters. The van der Waals surface area contributed by atoms with Crippen LogP contribution in [0.15, 0.2) is 29.2 Å². The number of carbonyl (C=O) groups excluding carboxylic acids is 1. The maximum atomic E-state index is 14.3. The fraction of sp³-hybridized carbons (Fsp3) is 0.474. The van der Waals surface area contributed by atoms with Crippen LogP contribution in [0, 0.1) is 12.7 Å². The van der Waals surface area contributed by atoms with Crippen molar-refractivity contribution in [3.8, 4) is 0 Å². The minimum Gasteiger partial charge on any atom is -0.307 e. The number of sulfone groups is 1. The van der Waals surface area contributed by atoms with E-state index in [2.05, 4.69) is 10.4 Å². The highest BCUT2D eigenvalue weighted by Gasteiger charge is 2.32. The van der Waals surface area contributed by atoms with E-state index in [0.29, 0.717) is 17.9 Å². The second kappa shape index (κ2) is 8.67. The molecule has 1 N–H and O–H groups in total. The number of rotatable bonds is 7. The van der Waals surface area contributed by atoms with Gasteiger partial charge in [0.25, 0.3) is 5.91 Å². The molecule has 0 radical (unpaired) electrons. The van der Waals surface area contributed by atoms with E-state index in [0.717, 1.165) is 16.4 Å². The highest BCUT2D eigenvalue weighted by molar-refractivity contribution is 7.91. The van der Waals surface area contributed by atoms with Crippen LogP contribution >= 0.6 is 0 Å². The van der Waals surface area contributed by atoms with Crippen LogP contribution in [0.5, 0.6) is 0 Å². The van der Waals surface area contributed by atoms with Crippen LogP contribution in [-0.2, 0) is 19.9 Å². The van der Waals surface area contributed by atoms with Gasteiger partial charge in [0, 0.05) is 24.7 Å². The fourth-order valence-corrected chi connectivity index (χ4v) is 6.83. The predicted molar refractivity (Wildman–Crippen MR) is 114 cm³/mol. The molecule has 2 aromatic rings. The van der Waals surface area contributed by atoms with E-state index in [1.165, 1.54) is 10.7 Å². The summed E-state index contributed by atoms with van der Waals surface area (Å²) in [4.78, 5) is 12.2. The average Bonchev–Trinajstić information content (AvgIpc) is 3.23. The summed E-state index contributed by atoms with van der Waals surface area (Å²) in [6.07, 6.45) is 0.384. The second-order valence-corrected chi connectivity index (χ2v) is 11.5. The molecule has 0 aliphatic carbocycles. The Morgan fingerprint density at radius 2 is 1.97 bits per heavy atom. The van der Waals surface area contributed by atoms with Crippen molar-refractivity contribution in [2.24, 2.45) is 0 Å². The van der Waals surface area contributed by atoms with Crippen LogP contribution in [0.25, 0.3) is 0 Å². The molecule has 1 fully saturated rings. The Morgan fingerprint density at radius 3 is 2.55 bits per heavy atom. The third-order valence-corrected chi connectivity index (χ3v) is 8.99. The SMILES string of the molecule is CCN(CC)S(=O)(=O)c1cc(C(=O)Nc2cc(C)nn2C2CCS(=O)(=O)C2)ccc1F. The normalized spacial score (nSPS) is 18.4. The molecular weight excluding hydrogens is 447 g/mol. The lowest BCUT2D eigenvalue weighted by atomic mass is 10.2. The summed E-state index contributed by atoms with van der Waals surface area (Å²) in [5.41, 5.74) is 0.542. The number of anilines is 1. The Kier molecular flexibility index (Phi) is 6.53. The molecule has 0 spiro atoms. The number of sulfonamides is 1. The topological polar surface area (TPSA) is 118 Å². The Labute approximate surface area is 181 Å². The molecule has 31 heavy (non-hydrogen) atoms. The van der Waals surface area contributed by atoms with Gasteiger partial charge in [-0.3, -0.25) is 4.79 Å². The molecule has 0 saturated carbocycles. The van der Waals surface area contributed by atoms with Gasteiger partial charge in [0.05, 0.1) is 23.2 Å². The van der Waals surface area contributed by atoms with Gasteiger partial charge in [0.1, 0.15) is 16.5 Å². The van der Waals surface area contributed by atoms with Crippen molar-refractivity contribution in [3.05, 3.63) is 41.3 Å². The van der Waals surface area contributed by atoms with Crippen LogP contribution in [0.4, 0.5) is 10.2 Å². The Morgan fingerprint density at radius 1 is 1.29 bits per heavy atom. The van der Waals surface area contributed by atoms with Crippen LogP contribution in [0.1, 0.15) is 42.4 Å². The molecule has 12 heteroatoms. The molecule has 2 heterocycles. The number of hydrogen-bond donors (Lipinski definition) is 1. The lowest BCUT2D eigenvalue weighted by Gasteiger charge is -2.19. The van der Waals surface area contributed by atoms with Gasteiger partial charge in [-0.05, 0) is 31.5 Å². The third kappa shape index (κ3) is 4.80. The van der Waals surface area contributed by atoms with Crippen molar-refractivity contribution in [2.45, 2.75) is 38.1 Å². The maximum Gasteiger partial charge on any atom is 0.256 e. The summed E-state index contributed by atoms with van der Waals surface area (Å²) < 4.78 is 66.0. The first-order chi connectivity index (χ1) is 14.5. The molecule has 1 aromatic carbocycles. The van der Waals surface area contributed by atoms with Gasteiger partial charge < -0.3 is 5.32 Å². The van der Waals surface area contributed by atoms with E-state index >= 15 is 0 Å². The molecular formula is C19H25FN4O5S2. The van der Waals surface area contributed by atoms with Crippen LogP contribution in [0.3, 0.4) is 0 Å². The highest BCUT2D eigenvalue weighted by atomic mass is 32.2. The number of halogens is 1. The summed E-state index contributed by atoms with van der Waals surface area (Å²) in [6.45, 7) is 5.32. The number of benzene rings is 1. The molecule has 1 aliphatic heterocycles. The maximum absolute atomic E-state index is 14.3. The van der Waals surface area contributed by atoms with Gasteiger partial charge in [-0.25, -0.2) is 25.9 Å². The number of carbonyl (C=O) groups is 1. The van der Waals surface area contributed by atoms with Crippen molar-refractivity contribution in [1.29, 1.82) is 0 Å². The van der Waals surface area contributed by atoms with Gasteiger partial charge in [-0.1, -0.05) is 13.8 Å². The van der Waals surface area contributed by atoms with E-state index in [1.54, 1.807) is 26.8 Å². The summed E-state index contributed by atoms with van der Waals surface area (Å²) >= 11 is 0. The lowest BCUT2D eigenvalue weighted by Crippen LogP contribution is -2.31. The van der Waals surface area contributed by atoms with Gasteiger partial charge in [0.15, 0.2) is 9.84 Å². The number of nitrogens with one attached hydrogen (secondary N) is 1. The Hall–Kier alpha value is -2.31. The minimum atomic E-state index is -4.10. The number of hydrogen-bond acceptors (Lipinski definition) is 6. The molecule has 9 nitrogen and oxygen atoms in total. The van der Waals surface area contributed by atoms with Gasteiger partial charge in [0.2, 0.25) is 10.0 Å². The van der Waals surface area contributed by atoms with Crippen molar-refractivity contribution in [3.63, 3.8) is 0 Å². The Balaban J connectivity index is 1.91. The monoisotopic (exact) mass is 472 g/mol. The predicted octanol–water partition coefficient (Wildman–Crippen LogP) is 1.97. The van der Waals surface area contributed by atoms with Crippen LogP contribution in [0.2, 0.25) is 0 Å². The van der Waals surface area contributed by atoms with Crippen molar-refractivity contribution >= 4 is 31.6 Å². The Bertz CT molecular complexity index is 1200. The second-order valence-electron chi connectivity index (χ2n) is 7.36. The van der Waals surface area contributed by atoms with Crippen LogP contribution in [-0.4, -0.2) is 61.4 Å². The summed E-state index contributed by atoms with van der Waals surface area (Å²) in [7, 11) is -7.26. The molecule has 1 amide bonds. The van der Waals surface area contributed by atoms with Crippen molar-refractivity contribution in [2.75, 3.05) is 29.9 Å². The van der Waals surface area contributed by atoms with E-state index < -0.39 is 42.5 Å². The summed E-state index contributed by atoms with van der Waals surface area (Å²) in [5, 5.41) is 6.94. The van der Waals surface area contributed by atoms with E-state index in [9.17, 15) is 26.0 Å². The van der Waals surface area contributed by atoms with Crippen molar-refractivity contribution in [1.82, 2.24) is 14.1 Å². The van der Waals surface area contributed by atoms with E-state index in [1.807, 2.05) is 0 Å². The lowest BCUT2D eigenvalue weighted by molar-refractivity contribution is 0.102. The average molecular weight is 473 g/mol. The van der Waals surface area contributed by atoms with Gasteiger partial charge >= 0.3 is 0 Å². The quantitative estimate of drug-likeness (QED) is 0.658. The van der Waals surface area contributed by atoms with Crippen molar-refractivity contribution < 1.29 is 26.0 Å². The largest absolute Gasteiger partial charge is 0.307 e. The first kappa shape index (κ1) is 23.4. The molecule has 1 aromatic heterocycles. The first-order valence-electron chi connectivity index (χ1n) is 9.86. The highest BCUT2D eigenvalue weighted by Crippen LogP contribution is 2.28. The standard InChI is InChI=1S/C19H25FN4O5S2/c1-4-23(5-2)31(28,29)17-11-14(6-7-16(17)20)19(25)21-18-10-13(3)22-24(18)15-8-9-30(26,27)12-15/h6-7,10-11,15H,4-5,8-9,12H2,1-3H3,(H,21,25).